The van der Waals surface area contributed by atoms with Gasteiger partial charge in [-0.2, -0.15) is 0 Å². The van der Waals surface area contributed by atoms with Crippen LogP contribution in [0.4, 0.5) is 8.78 Å². The first-order chi connectivity index (χ1) is 15.0. The highest BCUT2D eigenvalue weighted by Crippen LogP contribution is 2.41. The highest BCUT2D eigenvalue weighted by molar-refractivity contribution is 5.94. The number of nitrogens with zero attached hydrogens (tertiary/aromatic N) is 2. The van der Waals surface area contributed by atoms with Crippen LogP contribution in [0.15, 0.2) is 30.5 Å². The second-order valence-corrected chi connectivity index (χ2v) is 7.88. The summed E-state index contributed by atoms with van der Waals surface area (Å²) in [6.07, 6.45) is 3.95. The number of amides is 1. The standard InChI is InChI=1S/C22H26F2N4O3/c23-22(24)30-18-5-4-16(14-19(18)31-22)21(29)27-10-1-2-17-9-13-26-20(28-17)6-3-15-7-11-25-12-8-15/h4-5,9,13-15,25H,1-3,6-8,10-12H2,(H,27,29). The van der Waals surface area contributed by atoms with Crippen molar-refractivity contribution in [3.05, 3.63) is 47.5 Å². The summed E-state index contributed by atoms with van der Waals surface area (Å²) >= 11 is 0. The molecule has 0 spiro atoms. The number of hydrogen-bond acceptors (Lipinski definition) is 6. The zero-order chi connectivity index (χ0) is 21.7. The van der Waals surface area contributed by atoms with Crippen LogP contribution in [-0.4, -0.2) is 41.8 Å². The molecule has 2 aliphatic heterocycles. The van der Waals surface area contributed by atoms with Crippen molar-refractivity contribution in [2.45, 2.75) is 44.8 Å². The fourth-order valence-electron chi connectivity index (χ4n) is 3.87. The summed E-state index contributed by atoms with van der Waals surface area (Å²) < 4.78 is 34.9. The molecule has 1 amide bonds. The third kappa shape index (κ3) is 5.88. The first kappa shape index (κ1) is 21.4. The molecule has 2 aliphatic rings. The van der Waals surface area contributed by atoms with Crippen LogP contribution >= 0.6 is 0 Å². The van der Waals surface area contributed by atoms with Crippen molar-refractivity contribution in [1.29, 1.82) is 0 Å². The van der Waals surface area contributed by atoms with Crippen molar-refractivity contribution in [2.75, 3.05) is 19.6 Å². The van der Waals surface area contributed by atoms with Gasteiger partial charge in [-0.3, -0.25) is 4.79 Å². The van der Waals surface area contributed by atoms with E-state index in [2.05, 4.69) is 30.1 Å². The first-order valence-electron chi connectivity index (χ1n) is 10.7. The van der Waals surface area contributed by atoms with Gasteiger partial charge in [-0.25, -0.2) is 9.97 Å². The van der Waals surface area contributed by atoms with E-state index in [1.165, 1.54) is 31.0 Å². The molecule has 2 N–H and O–H groups in total. The van der Waals surface area contributed by atoms with Crippen LogP contribution < -0.4 is 20.1 Å². The summed E-state index contributed by atoms with van der Waals surface area (Å²) in [7, 11) is 0. The number of fused-ring (bicyclic) bond motifs is 1. The van der Waals surface area contributed by atoms with Gasteiger partial charge in [0.25, 0.3) is 5.91 Å². The second-order valence-electron chi connectivity index (χ2n) is 7.88. The fourth-order valence-corrected chi connectivity index (χ4v) is 3.87. The summed E-state index contributed by atoms with van der Waals surface area (Å²) in [5.41, 5.74) is 1.19. The molecule has 0 saturated carbocycles. The topological polar surface area (TPSA) is 85.4 Å². The highest BCUT2D eigenvalue weighted by atomic mass is 19.3. The van der Waals surface area contributed by atoms with Gasteiger partial charge in [0.1, 0.15) is 5.82 Å². The SMILES string of the molecule is O=C(NCCCc1ccnc(CCC2CCNCC2)n1)c1ccc2c(c1)OC(F)(F)O2. The van der Waals surface area contributed by atoms with E-state index in [-0.39, 0.29) is 23.0 Å². The maximum atomic E-state index is 13.1. The van der Waals surface area contributed by atoms with E-state index in [4.69, 9.17) is 0 Å². The van der Waals surface area contributed by atoms with Crippen LogP contribution in [0.1, 0.15) is 47.6 Å². The summed E-state index contributed by atoms with van der Waals surface area (Å²) in [5.74, 6) is 1.03. The predicted molar refractivity (Wildman–Crippen MR) is 109 cm³/mol. The van der Waals surface area contributed by atoms with Gasteiger partial charge < -0.3 is 20.1 Å². The Bertz CT molecular complexity index is 919. The van der Waals surface area contributed by atoms with Crippen molar-refractivity contribution in [1.82, 2.24) is 20.6 Å². The van der Waals surface area contributed by atoms with Gasteiger partial charge in [-0.15, -0.1) is 8.78 Å². The van der Waals surface area contributed by atoms with Gasteiger partial charge in [0.05, 0.1) is 0 Å². The Morgan fingerprint density at radius 1 is 1.16 bits per heavy atom. The number of aromatic nitrogens is 2. The Kier molecular flexibility index (Phi) is 6.60. The van der Waals surface area contributed by atoms with E-state index in [0.29, 0.717) is 13.0 Å². The number of ether oxygens (including phenoxy) is 2. The number of nitrogens with one attached hydrogen (secondary N) is 2. The third-order valence-electron chi connectivity index (χ3n) is 5.56. The number of alkyl halides is 2. The minimum atomic E-state index is -3.69. The van der Waals surface area contributed by atoms with Crippen molar-refractivity contribution in [3.63, 3.8) is 0 Å². The van der Waals surface area contributed by atoms with Crippen LogP contribution in [0.3, 0.4) is 0 Å². The largest absolute Gasteiger partial charge is 0.586 e. The van der Waals surface area contributed by atoms with Crippen molar-refractivity contribution >= 4 is 5.91 Å². The molecule has 1 aromatic carbocycles. The lowest BCUT2D eigenvalue weighted by molar-refractivity contribution is -0.286. The molecule has 1 aromatic heterocycles. The lowest BCUT2D eigenvalue weighted by atomic mass is 9.93. The lowest BCUT2D eigenvalue weighted by Gasteiger charge is -2.22. The number of carbonyl (C=O) groups excluding carboxylic acids is 1. The Hall–Kier alpha value is -2.81. The van der Waals surface area contributed by atoms with E-state index in [1.807, 2.05) is 6.07 Å². The lowest BCUT2D eigenvalue weighted by Crippen LogP contribution is -2.28. The molecule has 0 bridgehead atoms. The minimum absolute atomic E-state index is 0.0822. The van der Waals surface area contributed by atoms with Crippen molar-refractivity contribution in [2.24, 2.45) is 5.92 Å². The molecule has 0 radical (unpaired) electrons. The highest BCUT2D eigenvalue weighted by Gasteiger charge is 2.43. The number of hydrogen-bond donors (Lipinski definition) is 2. The number of rotatable bonds is 8. The maximum absolute atomic E-state index is 13.1. The minimum Gasteiger partial charge on any atom is -0.395 e. The van der Waals surface area contributed by atoms with Gasteiger partial charge in [-0.05, 0) is 75.4 Å². The van der Waals surface area contributed by atoms with Crippen LogP contribution in [0, 0.1) is 5.92 Å². The third-order valence-corrected chi connectivity index (χ3v) is 5.56. The van der Waals surface area contributed by atoms with Crippen molar-refractivity contribution < 1.29 is 23.0 Å². The van der Waals surface area contributed by atoms with Gasteiger partial charge >= 0.3 is 6.29 Å². The van der Waals surface area contributed by atoms with Gasteiger partial charge in [0.15, 0.2) is 11.5 Å². The number of benzene rings is 1. The second kappa shape index (κ2) is 9.55. The van der Waals surface area contributed by atoms with E-state index in [0.717, 1.165) is 49.8 Å². The van der Waals surface area contributed by atoms with Crippen LogP contribution in [0.25, 0.3) is 0 Å². The summed E-state index contributed by atoms with van der Waals surface area (Å²) in [6.45, 7) is 2.63. The van der Waals surface area contributed by atoms with Crippen LogP contribution in [-0.2, 0) is 12.8 Å². The number of carbonyl (C=O) groups is 1. The molecular weight excluding hydrogens is 406 g/mol. The molecule has 4 rings (SSSR count). The van der Waals surface area contributed by atoms with E-state index in [9.17, 15) is 13.6 Å². The average Bonchev–Trinajstić information content (AvgIpc) is 3.09. The molecule has 0 aliphatic carbocycles. The Morgan fingerprint density at radius 3 is 2.81 bits per heavy atom. The quantitative estimate of drug-likeness (QED) is 0.624. The Morgan fingerprint density at radius 2 is 1.97 bits per heavy atom. The fraction of sp³-hybridized carbons (Fsp3) is 0.500. The molecular formula is C22H26F2N4O3. The molecule has 0 atom stereocenters. The van der Waals surface area contributed by atoms with Gasteiger partial charge in [-0.1, -0.05) is 0 Å². The molecule has 0 unspecified atom stereocenters. The first-order valence-corrected chi connectivity index (χ1v) is 10.7. The molecule has 31 heavy (non-hydrogen) atoms. The summed E-state index contributed by atoms with van der Waals surface area (Å²) in [6, 6.07) is 5.88. The summed E-state index contributed by atoms with van der Waals surface area (Å²) in [5, 5.41) is 6.17. The van der Waals surface area contributed by atoms with Gasteiger partial charge in [0, 0.05) is 30.4 Å². The summed E-state index contributed by atoms with van der Waals surface area (Å²) in [4.78, 5) is 21.3. The van der Waals surface area contributed by atoms with E-state index < -0.39 is 6.29 Å². The number of piperidine rings is 1. The molecule has 2 aromatic rings. The van der Waals surface area contributed by atoms with Crippen molar-refractivity contribution in [3.8, 4) is 11.5 Å². The zero-order valence-corrected chi connectivity index (χ0v) is 17.2. The molecule has 3 heterocycles. The number of halogens is 2. The van der Waals surface area contributed by atoms with E-state index in [1.54, 1.807) is 6.20 Å². The maximum Gasteiger partial charge on any atom is 0.586 e. The van der Waals surface area contributed by atoms with Gasteiger partial charge in [0.2, 0.25) is 0 Å². The van der Waals surface area contributed by atoms with Crippen LogP contribution in [0.2, 0.25) is 0 Å². The molecule has 1 saturated heterocycles. The Balaban J connectivity index is 1.21. The normalized spacial score (nSPS) is 17.5. The molecule has 7 nitrogen and oxygen atoms in total. The van der Waals surface area contributed by atoms with E-state index >= 15 is 0 Å². The molecule has 1 fully saturated rings. The molecule has 9 heteroatoms. The smallest absolute Gasteiger partial charge is 0.395 e. The predicted octanol–water partition coefficient (Wildman–Crippen LogP) is 3.09. The van der Waals surface area contributed by atoms with Crippen LogP contribution in [0.5, 0.6) is 11.5 Å². The number of aryl methyl sites for hydroxylation is 2. The monoisotopic (exact) mass is 432 g/mol. The zero-order valence-electron chi connectivity index (χ0n) is 17.2. The Labute approximate surface area is 179 Å². The molecule has 166 valence electrons. The average molecular weight is 432 g/mol.